The van der Waals surface area contributed by atoms with Crippen LogP contribution in [0.2, 0.25) is 0 Å². The maximum absolute atomic E-state index is 4.54. The molecular weight excluding hydrogens is 363 g/mol. The highest BCUT2D eigenvalue weighted by Crippen LogP contribution is 2.14. The van der Waals surface area contributed by atoms with Gasteiger partial charge in [0.15, 0.2) is 5.96 Å². The second kappa shape index (κ2) is 8.84. The number of para-hydroxylation sites is 1. The molecule has 0 atom stereocenters. The van der Waals surface area contributed by atoms with Gasteiger partial charge >= 0.3 is 0 Å². The maximum atomic E-state index is 4.54. The van der Waals surface area contributed by atoms with Crippen LogP contribution in [-0.2, 0) is 6.42 Å². The number of rotatable bonds is 5. The normalized spacial score (nSPS) is 9.90. The van der Waals surface area contributed by atoms with Gasteiger partial charge in [0.25, 0.3) is 0 Å². The maximum Gasteiger partial charge on any atom is 0.191 e. The lowest BCUT2D eigenvalue weighted by Crippen LogP contribution is -2.37. The predicted octanol–water partition coefficient (Wildman–Crippen LogP) is 2.90. The third-order valence-electron chi connectivity index (χ3n) is 2.93. The van der Waals surface area contributed by atoms with Crippen LogP contribution in [-0.4, -0.2) is 30.6 Å². The molecule has 2 aromatic rings. The molecule has 0 unspecified atom stereocenters. The first-order valence-corrected chi connectivity index (χ1v) is 6.92. The predicted molar refractivity (Wildman–Crippen MR) is 97.1 cm³/mol. The van der Waals surface area contributed by atoms with Crippen molar-refractivity contribution in [3.05, 3.63) is 36.0 Å². The van der Waals surface area contributed by atoms with Crippen LogP contribution in [0.15, 0.2) is 35.3 Å². The first-order chi connectivity index (χ1) is 9.33. The first-order valence-electron chi connectivity index (χ1n) is 6.92. The van der Waals surface area contributed by atoms with Crippen molar-refractivity contribution in [1.29, 1.82) is 0 Å². The molecule has 0 aliphatic rings. The van der Waals surface area contributed by atoms with E-state index >= 15 is 0 Å². The van der Waals surface area contributed by atoms with Crippen molar-refractivity contribution in [2.45, 2.75) is 20.3 Å². The number of aromatic nitrogens is 1. The number of aromatic amines is 1. The topological polar surface area (TPSA) is 52.2 Å². The van der Waals surface area contributed by atoms with Gasteiger partial charge in [0.1, 0.15) is 0 Å². The number of nitrogens with zero attached hydrogens (tertiary/aromatic N) is 1. The number of guanidine groups is 1. The second-order valence-electron chi connectivity index (χ2n) is 4.42. The van der Waals surface area contributed by atoms with Gasteiger partial charge in [-0.1, -0.05) is 18.2 Å². The Morgan fingerprint density at radius 3 is 2.50 bits per heavy atom. The van der Waals surface area contributed by atoms with Gasteiger partial charge in [0.05, 0.1) is 0 Å². The highest BCUT2D eigenvalue weighted by molar-refractivity contribution is 14.0. The Kier molecular flexibility index (Phi) is 7.43. The standard InChI is InChI=1S/C15H22N4.HI/c1-3-16-15(17-4-2)18-10-9-13-11-12-7-5-6-8-14(12)19-13;/h5-8,11,19H,3-4,9-10H2,1-2H3,(H2,16,17,18);1H. The number of H-pyrrole nitrogens is 1. The summed E-state index contributed by atoms with van der Waals surface area (Å²) in [4.78, 5) is 7.97. The summed E-state index contributed by atoms with van der Waals surface area (Å²) < 4.78 is 0. The van der Waals surface area contributed by atoms with E-state index in [-0.39, 0.29) is 24.0 Å². The summed E-state index contributed by atoms with van der Waals surface area (Å²) in [5, 5.41) is 7.71. The summed E-state index contributed by atoms with van der Waals surface area (Å²) in [5.41, 5.74) is 2.43. The summed E-state index contributed by atoms with van der Waals surface area (Å²) in [6.07, 6.45) is 0.926. The molecule has 1 heterocycles. The third kappa shape index (κ3) is 4.70. The highest BCUT2D eigenvalue weighted by Gasteiger charge is 2.00. The van der Waals surface area contributed by atoms with E-state index in [4.69, 9.17) is 0 Å². The molecule has 0 aliphatic carbocycles. The number of fused-ring (bicyclic) bond motifs is 1. The van der Waals surface area contributed by atoms with E-state index in [9.17, 15) is 0 Å². The molecule has 3 N–H and O–H groups in total. The van der Waals surface area contributed by atoms with Gasteiger partial charge in [-0.3, -0.25) is 4.99 Å². The highest BCUT2D eigenvalue weighted by atomic mass is 127. The van der Waals surface area contributed by atoms with Gasteiger partial charge in [-0.05, 0) is 31.4 Å². The number of hydrogen-bond acceptors (Lipinski definition) is 1. The third-order valence-corrected chi connectivity index (χ3v) is 2.93. The van der Waals surface area contributed by atoms with Crippen molar-refractivity contribution < 1.29 is 0 Å². The molecule has 0 bridgehead atoms. The van der Waals surface area contributed by atoms with Crippen LogP contribution in [0, 0.1) is 0 Å². The number of hydrogen-bond donors (Lipinski definition) is 3. The van der Waals surface area contributed by atoms with E-state index in [0.29, 0.717) is 0 Å². The summed E-state index contributed by atoms with van der Waals surface area (Å²) >= 11 is 0. The molecule has 110 valence electrons. The molecule has 1 aromatic carbocycles. The summed E-state index contributed by atoms with van der Waals surface area (Å²) in [7, 11) is 0. The molecule has 20 heavy (non-hydrogen) atoms. The van der Waals surface area contributed by atoms with Crippen LogP contribution in [0.4, 0.5) is 0 Å². The van der Waals surface area contributed by atoms with Crippen LogP contribution >= 0.6 is 24.0 Å². The molecule has 0 spiro atoms. The van der Waals surface area contributed by atoms with E-state index < -0.39 is 0 Å². The average molecular weight is 386 g/mol. The van der Waals surface area contributed by atoms with Crippen LogP contribution in [0.25, 0.3) is 10.9 Å². The van der Waals surface area contributed by atoms with Crippen LogP contribution < -0.4 is 10.6 Å². The molecule has 5 heteroatoms. The van der Waals surface area contributed by atoms with Gasteiger partial charge in [-0.25, -0.2) is 0 Å². The van der Waals surface area contributed by atoms with Gasteiger partial charge < -0.3 is 15.6 Å². The zero-order chi connectivity index (χ0) is 13.5. The van der Waals surface area contributed by atoms with E-state index in [0.717, 1.165) is 32.0 Å². The van der Waals surface area contributed by atoms with Crippen LogP contribution in [0.1, 0.15) is 19.5 Å². The lowest BCUT2D eigenvalue weighted by atomic mass is 10.2. The molecule has 0 radical (unpaired) electrons. The Balaban J connectivity index is 0.00000200. The largest absolute Gasteiger partial charge is 0.358 e. The molecule has 0 aliphatic heterocycles. The fourth-order valence-corrected chi connectivity index (χ4v) is 2.07. The van der Waals surface area contributed by atoms with E-state index in [1.807, 2.05) is 0 Å². The molecule has 2 rings (SSSR count). The smallest absolute Gasteiger partial charge is 0.191 e. The van der Waals surface area contributed by atoms with Crippen molar-refractivity contribution in [3.8, 4) is 0 Å². The van der Waals surface area contributed by atoms with Crippen LogP contribution in [0.5, 0.6) is 0 Å². The SMILES string of the molecule is CCNC(=NCCc1cc2ccccc2[nH]1)NCC.I. The number of nitrogens with one attached hydrogen (secondary N) is 3. The van der Waals surface area contributed by atoms with E-state index in [1.165, 1.54) is 16.6 Å². The Morgan fingerprint density at radius 1 is 1.15 bits per heavy atom. The van der Waals surface area contributed by atoms with Gasteiger partial charge in [0, 0.05) is 37.3 Å². The van der Waals surface area contributed by atoms with Gasteiger partial charge in [-0.2, -0.15) is 0 Å². The molecule has 0 saturated heterocycles. The van der Waals surface area contributed by atoms with E-state index in [2.05, 4.69) is 64.8 Å². The molecule has 0 saturated carbocycles. The van der Waals surface area contributed by atoms with Crippen molar-refractivity contribution in [1.82, 2.24) is 15.6 Å². The van der Waals surface area contributed by atoms with Gasteiger partial charge in [0.2, 0.25) is 0 Å². The second-order valence-corrected chi connectivity index (χ2v) is 4.42. The Bertz CT molecular complexity index is 507. The quantitative estimate of drug-likeness (QED) is 0.421. The zero-order valence-electron chi connectivity index (χ0n) is 12.1. The number of benzene rings is 1. The summed E-state index contributed by atoms with van der Waals surface area (Å²) in [6, 6.07) is 10.5. The molecule has 4 nitrogen and oxygen atoms in total. The van der Waals surface area contributed by atoms with Crippen molar-refractivity contribution >= 4 is 40.8 Å². The lowest BCUT2D eigenvalue weighted by molar-refractivity contribution is 0.830. The minimum absolute atomic E-state index is 0. The fourth-order valence-electron chi connectivity index (χ4n) is 2.07. The van der Waals surface area contributed by atoms with Crippen LogP contribution in [0.3, 0.4) is 0 Å². The van der Waals surface area contributed by atoms with Gasteiger partial charge in [-0.15, -0.1) is 24.0 Å². The zero-order valence-corrected chi connectivity index (χ0v) is 14.4. The molecule has 0 fully saturated rings. The lowest BCUT2D eigenvalue weighted by Gasteiger charge is -2.08. The number of halogens is 1. The Labute approximate surface area is 137 Å². The Hall–Kier alpha value is -1.24. The van der Waals surface area contributed by atoms with E-state index in [1.54, 1.807) is 0 Å². The number of aliphatic imine (C=N–C) groups is 1. The summed E-state index contributed by atoms with van der Waals surface area (Å²) in [5.74, 6) is 0.890. The van der Waals surface area contributed by atoms with Crippen molar-refractivity contribution in [2.24, 2.45) is 4.99 Å². The Morgan fingerprint density at radius 2 is 1.85 bits per heavy atom. The average Bonchev–Trinajstić information content (AvgIpc) is 2.82. The molecule has 0 amide bonds. The van der Waals surface area contributed by atoms with Crippen molar-refractivity contribution in [2.75, 3.05) is 19.6 Å². The van der Waals surface area contributed by atoms with Crippen molar-refractivity contribution in [3.63, 3.8) is 0 Å². The molecule has 1 aromatic heterocycles. The monoisotopic (exact) mass is 386 g/mol. The fraction of sp³-hybridized carbons (Fsp3) is 0.400. The molecular formula is C15H23IN4. The summed E-state index contributed by atoms with van der Waals surface area (Å²) in [6.45, 7) is 6.70. The minimum Gasteiger partial charge on any atom is -0.358 e. The first kappa shape index (κ1) is 16.8. The minimum atomic E-state index is 0.